The second kappa shape index (κ2) is 7.08. The minimum Gasteiger partial charge on any atom is -0.329 e. The van der Waals surface area contributed by atoms with E-state index < -0.39 is 4.92 Å². The third-order valence-corrected chi connectivity index (χ3v) is 2.47. The standard InChI is InChI=1S/C12H14N4O3/c1-15(7-3-6-13)9-12(17)14-10-4-2-5-11(8-10)16(18)19/h2,4-5,8H,3,7,9H2,1H3,(H,14,17)/p+1. The van der Waals surface area contributed by atoms with Gasteiger partial charge in [0, 0.05) is 17.8 Å². The zero-order valence-corrected chi connectivity index (χ0v) is 10.5. The smallest absolute Gasteiger partial charge is 0.279 e. The predicted octanol–water partition coefficient (Wildman–Crippen LogP) is -0.0383. The molecule has 7 heteroatoms. The number of hydrogen-bond acceptors (Lipinski definition) is 4. The van der Waals surface area contributed by atoms with Gasteiger partial charge >= 0.3 is 0 Å². The van der Waals surface area contributed by atoms with Crippen LogP contribution in [-0.2, 0) is 4.79 Å². The van der Waals surface area contributed by atoms with Gasteiger partial charge < -0.3 is 10.2 Å². The molecular formula is C12H15N4O3+. The Morgan fingerprint density at radius 1 is 1.58 bits per heavy atom. The van der Waals surface area contributed by atoms with E-state index in [4.69, 9.17) is 5.26 Å². The summed E-state index contributed by atoms with van der Waals surface area (Å²) in [6, 6.07) is 7.79. The molecule has 0 radical (unpaired) electrons. The van der Waals surface area contributed by atoms with Crippen molar-refractivity contribution in [3.8, 4) is 6.07 Å². The molecule has 0 aromatic heterocycles. The maximum absolute atomic E-state index is 11.7. The van der Waals surface area contributed by atoms with Gasteiger partial charge in [0.15, 0.2) is 6.54 Å². The number of nitrogens with one attached hydrogen (secondary N) is 2. The van der Waals surface area contributed by atoms with Crippen LogP contribution in [-0.4, -0.2) is 31.0 Å². The van der Waals surface area contributed by atoms with Crippen molar-refractivity contribution in [3.05, 3.63) is 34.4 Å². The number of hydrogen-bond donors (Lipinski definition) is 2. The van der Waals surface area contributed by atoms with Gasteiger partial charge in [0.25, 0.3) is 11.6 Å². The van der Waals surface area contributed by atoms with Crippen molar-refractivity contribution in [2.75, 3.05) is 25.5 Å². The second-order valence-corrected chi connectivity index (χ2v) is 4.15. The number of anilines is 1. The van der Waals surface area contributed by atoms with Crippen molar-refractivity contribution in [3.63, 3.8) is 0 Å². The molecule has 100 valence electrons. The van der Waals surface area contributed by atoms with Crippen LogP contribution >= 0.6 is 0 Å². The summed E-state index contributed by atoms with van der Waals surface area (Å²) in [6.45, 7) is 0.795. The minimum atomic E-state index is -0.514. The van der Waals surface area contributed by atoms with E-state index in [0.717, 1.165) is 4.90 Å². The number of benzene rings is 1. The van der Waals surface area contributed by atoms with Crippen molar-refractivity contribution >= 4 is 17.3 Å². The number of non-ortho nitro benzene ring substituents is 1. The molecule has 0 aliphatic rings. The van der Waals surface area contributed by atoms with Gasteiger partial charge in [-0.2, -0.15) is 5.26 Å². The molecule has 0 fully saturated rings. The van der Waals surface area contributed by atoms with Crippen molar-refractivity contribution in [1.29, 1.82) is 5.26 Å². The fourth-order valence-corrected chi connectivity index (χ4v) is 1.53. The van der Waals surface area contributed by atoms with Gasteiger partial charge in [-0.05, 0) is 6.07 Å². The van der Waals surface area contributed by atoms with E-state index in [9.17, 15) is 14.9 Å². The molecular weight excluding hydrogens is 248 g/mol. The van der Waals surface area contributed by atoms with Gasteiger partial charge in [0.05, 0.1) is 31.0 Å². The van der Waals surface area contributed by atoms with Crippen LogP contribution in [0, 0.1) is 21.4 Å². The largest absolute Gasteiger partial charge is 0.329 e. The number of amides is 1. The van der Waals surface area contributed by atoms with E-state index >= 15 is 0 Å². The molecule has 1 atom stereocenters. The summed E-state index contributed by atoms with van der Waals surface area (Å²) in [6.07, 6.45) is 0.385. The lowest BCUT2D eigenvalue weighted by molar-refractivity contribution is -0.870. The number of nitro groups is 1. The molecule has 2 N–H and O–H groups in total. The lowest BCUT2D eigenvalue weighted by Gasteiger charge is -2.11. The molecule has 1 aromatic carbocycles. The Hall–Kier alpha value is -2.46. The number of likely N-dealkylation sites (N-methyl/N-ethyl adjacent to an activating group) is 1. The summed E-state index contributed by atoms with van der Waals surface area (Å²) >= 11 is 0. The van der Waals surface area contributed by atoms with Crippen LogP contribution in [0.2, 0.25) is 0 Å². The number of rotatable bonds is 6. The first-order chi connectivity index (χ1) is 9.02. The molecule has 0 aliphatic carbocycles. The van der Waals surface area contributed by atoms with Gasteiger partial charge in [-0.15, -0.1) is 0 Å². The minimum absolute atomic E-state index is 0.0667. The average molecular weight is 263 g/mol. The topological polar surface area (TPSA) is 100 Å². The zero-order valence-electron chi connectivity index (χ0n) is 10.5. The van der Waals surface area contributed by atoms with Gasteiger partial charge in [0.2, 0.25) is 0 Å². The molecule has 0 heterocycles. The number of nitro benzene ring substituents is 1. The molecule has 0 saturated carbocycles. The van der Waals surface area contributed by atoms with Crippen LogP contribution < -0.4 is 10.2 Å². The van der Waals surface area contributed by atoms with Gasteiger partial charge in [-0.25, -0.2) is 0 Å². The Balaban J connectivity index is 2.55. The highest BCUT2D eigenvalue weighted by Gasteiger charge is 2.11. The van der Waals surface area contributed by atoms with Gasteiger partial charge in [-0.1, -0.05) is 6.07 Å². The maximum Gasteiger partial charge on any atom is 0.279 e. The second-order valence-electron chi connectivity index (χ2n) is 4.15. The molecule has 1 rings (SSSR count). The Kier molecular flexibility index (Phi) is 5.44. The monoisotopic (exact) mass is 263 g/mol. The molecule has 1 aromatic rings. The van der Waals surface area contributed by atoms with E-state index in [1.54, 1.807) is 6.07 Å². The molecule has 0 spiro atoms. The van der Waals surface area contributed by atoms with E-state index in [2.05, 4.69) is 5.32 Å². The first-order valence-corrected chi connectivity index (χ1v) is 5.75. The highest BCUT2D eigenvalue weighted by molar-refractivity contribution is 5.91. The van der Waals surface area contributed by atoms with Crippen molar-refractivity contribution in [2.24, 2.45) is 0 Å². The first-order valence-electron chi connectivity index (χ1n) is 5.75. The molecule has 1 unspecified atom stereocenters. The van der Waals surface area contributed by atoms with Gasteiger partial charge in [0.1, 0.15) is 0 Å². The summed E-state index contributed by atoms with van der Waals surface area (Å²) in [5.74, 6) is -0.240. The lowest BCUT2D eigenvalue weighted by atomic mass is 10.3. The number of nitrogens with zero attached hydrogens (tertiary/aromatic N) is 2. The molecule has 0 aliphatic heterocycles. The summed E-state index contributed by atoms with van der Waals surface area (Å²) < 4.78 is 0. The molecule has 7 nitrogen and oxygen atoms in total. The fraction of sp³-hybridized carbons (Fsp3) is 0.333. The SMILES string of the molecule is C[NH+](CCC#N)CC(=O)Nc1cccc([N+](=O)[O-])c1. The summed E-state index contributed by atoms with van der Waals surface area (Å²) in [7, 11) is 1.81. The first kappa shape index (κ1) is 14.6. The Labute approximate surface area is 110 Å². The van der Waals surface area contributed by atoms with Gasteiger partial charge in [-0.3, -0.25) is 14.9 Å². The van der Waals surface area contributed by atoms with Crippen LogP contribution in [0.3, 0.4) is 0 Å². The summed E-state index contributed by atoms with van der Waals surface area (Å²) in [5, 5.41) is 21.6. The quantitative estimate of drug-likeness (QED) is 0.555. The highest BCUT2D eigenvalue weighted by atomic mass is 16.6. The van der Waals surface area contributed by atoms with E-state index in [-0.39, 0.29) is 18.1 Å². The molecule has 0 saturated heterocycles. The van der Waals surface area contributed by atoms with Crippen molar-refractivity contribution in [1.82, 2.24) is 0 Å². The molecule has 1 amide bonds. The number of carbonyl (C=O) groups is 1. The summed E-state index contributed by atoms with van der Waals surface area (Å²) in [4.78, 5) is 22.7. The maximum atomic E-state index is 11.7. The Bertz CT molecular complexity index is 510. The third-order valence-electron chi connectivity index (χ3n) is 2.47. The van der Waals surface area contributed by atoms with Crippen LogP contribution in [0.15, 0.2) is 24.3 Å². The van der Waals surface area contributed by atoms with Crippen LogP contribution in [0.25, 0.3) is 0 Å². The van der Waals surface area contributed by atoms with E-state index in [1.807, 2.05) is 13.1 Å². The normalized spacial score (nSPS) is 11.4. The lowest BCUT2D eigenvalue weighted by Crippen LogP contribution is -3.10. The molecule has 0 bridgehead atoms. The number of carbonyl (C=O) groups excluding carboxylic acids is 1. The Morgan fingerprint density at radius 3 is 2.95 bits per heavy atom. The van der Waals surface area contributed by atoms with Crippen LogP contribution in [0.1, 0.15) is 6.42 Å². The zero-order chi connectivity index (χ0) is 14.3. The van der Waals surface area contributed by atoms with E-state index in [1.165, 1.54) is 18.2 Å². The van der Waals surface area contributed by atoms with E-state index in [0.29, 0.717) is 18.7 Å². The Morgan fingerprint density at radius 2 is 2.32 bits per heavy atom. The van der Waals surface area contributed by atoms with Crippen molar-refractivity contribution < 1.29 is 14.6 Å². The third kappa shape index (κ3) is 5.14. The number of nitriles is 1. The van der Waals surface area contributed by atoms with Crippen molar-refractivity contribution in [2.45, 2.75) is 6.42 Å². The van der Waals surface area contributed by atoms with Crippen LogP contribution in [0.5, 0.6) is 0 Å². The average Bonchev–Trinajstić information content (AvgIpc) is 2.36. The summed E-state index contributed by atoms with van der Waals surface area (Å²) in [5.41, 5.74) is 0.329. The number of quaternary nitrogens is 1. The van der Waals surface area contributed by atoms with Crippen LogP contribution in [0.4, 0.5) is 11.4 Å². The molecule has 19 heavy (non-hydrogen) atoms. The predicted molar refractivity (Wildman–Crippen MR) is 68.6 cm³/mol. The fourth-order valence-electron chi connectivity index (χ4n) is 1.53. The highest BCUT2D eigenvalue weighted by Crippen LogP contribution is 2.16.